The van der Waals surface area contributed by atoms with Crippen LogP contribution in [0, 0.1) is 0 Å². The first-order valence-corrected chi connectivity index (χ1v) is 10.5. The van der Waals surface area contributed by atoms with Crippen molar-refractivity contribution in [1.82, 2.24) is 9.80 Å². The van der Waals surface area contributed by atoms with Crippen LogP contribution in [0.25, 0.3) is 0 Å². The Morgan fingerprint density at radius 2 is 2.00 bits per heavy atom. The number of rotatable bonds is 5. The van der Waals surface area contributed by atoms with Gasteiger partial charge in [0.05, 0.1) is 19.1 Å². The number of carbonyl (C=O) groups is 1. The Kier molecular flexibility index (Phi) is 5.88. The molecule has 1 saturated heterocycles. The van der Waals surface area contributed by atoms with E-state index < -0.39 is 0 Å². The van der Waals surface area contributed by atoms with Crippen LogP contribution >= 0.6 is 0 Å². The van der Waals surface area contributed by atoms with Crippen LogP contribution in [0.3, 0.4) is 0 Å². The highest BCUT2D eigenvalue weighted by atomic mass is 16.5. The second kappa shape index (κ2) is 8.56. The van der Waals surface area contributed by atoms with E-state index in [1.165, 1.54) is 5.56 Å². The van der Waals surface area contributed by atoms with Crippen LogP contribution in [0.5, 0.6) is 5.75 Å². The number of hydrogen-bond donors (Lipinski definition) is 1. The van der Waals surface area contributed by atoms with Gasteiger partial charge in [-0.3, -0.25) is 9.69 Å². The van der Waals surface area contributed by atoms with Gasteiger partial charge in [0.15, 0.2) is 0 Å². The molecule has 1 aliphatic carbocycles. The number of aliphatic hydroxyl groups is 1. The Bertz CT molecular complexity index is 854. The number of carbonyl (C=O) groups excluding carboxylic acids is 1. The van der Waals surface area contributed by atoms with Crippen LogP contribution in [0.4, 0.5) is 0 Å². The monoisotopic (exact) mass is 394 g/mol. The second-order valence-electron chi connectivity index (χ2n) is 8.18. The maximum absolute atomic E-state index is 13.7. The zero-order valence-electron chi connectivity index (χ0n) is 17.3. The van der Waals surface area contributed by atoms with Crippen molar-refractivity contribution in [2.75, 3.05) is 27.2 Å². The fourth-order valence-electron chi connectivity index (χ4n) is 4.82. The van der Waals surface area contributed by atoms with Gasteiger partial charge in [-0.15, -0.1) is 0 Å². The third-order valence-electron chi connectivity index (χ3n) is 6.32. The van der Waals surface area contributed by atoms with Crippen molar-refractivity contribution in [1.29, 1.82) is 0 Å². The third kappa shape index (κ3) is 4.02. The molecular weight excluding hydrogens is 364 g/mol. The molecule has 2 aromatic carbocycles. The summed E-state index contributed by atoms with van der Waals surface area (Å²) in [6, 6.07) is 16.2. The molecule has 1 aliphatic heterocycles. The molecule has 1 fully saturated rings. The predicted octanol–water partition coefficient (Wildman–Crippen LogP) is 3.34. The number of methoxy groups -OCH3 is 1. The minimum absolute atomic E-state index is 0.134. The van der Waals surface area contributed by atoms with Crippen molar-refractivity contribution in [2.45, 2.75) is 43.9 Å². The average molecular weight is 395 g/mol. The van der Waals surface area contributed by atoms with E-state index in [2.05, 4.69) is 23.1 Å². The van der Waals surface area contributed by atoms with Crippen LogP contribution < -0.4 is 4.74 Å². The standard InChI is InChI=1S/C24H30N2O3/c1-25(23(18-7-4-3-5-8-18)26-14-13-19(27)16-26)24(28)21-10-6-9-17-11-12-20(29-2)15-22(17)21/h3-5,7-8,11-12,15,19,21,23,27H,6,9-10,13-14,16H2,1-2H3. The summed E-state index contributed by atoms with van der Waals surface area (Å²) in [6.07, 6.45) is 3.12. The number of nitrogens with zero attached hydrogens (tertiary/aromatic N) is 2. The zero-order chi connectivity index (χ0) is 20.4. The quantitative estimate of drug-likeness (QED) is 0.845. The van der Waals surface area contributed by atoms with Crippen molar-refractivity contribution in [3.05, 3.63) is 65.2 Å². The summed E-state index contributed by atoms with van der Waals surface area (Å²) in [5.74, 6) is 0.778. The lowest BCUT2D eigenvalue weighted by Crippen LogP contribution is -2.44. The number of amides is 1. The minimum Gasteiger partial charge on any atom is -0.497 e. The summed E-state index contributed by atoms with van der Waals surface area (Å²) in [7, 11) is 3.57. The van der Waals surface area contributed by atoms with Crippen molar-refractivity contribution in [3.63, 3.8) is 0 Å². The highest BCUT2D eigenvalue weighted by Crippen LogP contribution is 2.37. The molecule has 1 N–H and O–H groups in total. The number of fused-ring (bicyclic) bond motifs is 1. The summed E-state index contributed by atoms with van der Waals surface area (Å²) < 4.78 is 5.42. The fraction of sp³-hybridized carbons (Fsp3) is 0.458. The van der Waals surface area contributed by atoms with E-state index in [0.29, 0.717) is 6.54 Å². The first-order valence-electron chi connectivity index (χ1n) is 10.5. The van der Waals surface area contributed by atoms with E-state index in [1.807, 2.05) is 42.3 Å². The zero-order valence-corrected chi connectivity index (χ0v) is 17.3. The SMILES string of the molecule is COc1ccc2c(c1)C(C(=O)N(C)C(c1ccccc1)N1CCC(O)C1)CCC2. The van der Waals surface area contributed by atoms with E-state index in [-0.39, 0.29) is 24.1 Å². The minimum atomic E-state index is -0.329. The Morgan fingerprint density at radius 3 is 2.69 bits per heavy atom. The smallest absolute Gasteiger partial charge is 0.231 e. The molecule has 154 valence electrons. The number of hydrogen-bond acceptors (Lipinski definition) is 4. The van der Waals surface area contributed by atoms with Gasteiger partial charge in [0.2, 0.25) is 5.91 Å². The maximum Gasteiger partial charge on any atom is 0.231 e. The van der Waals surface area contributed by atoms with E-state index in [4.69, 9.17) is 4.74 Å². The molecule has 3 unspecified atom stereocenters. The van der Waals surface area contributed by atoms with Crippen molar-refractivity contribution in [2.24, 2.45) is 0 Å². The summed E-state index contributed by atoms with van der Waals surface area (Å²) in [4.78, 5) is 17.8. The number of benzene rings is 2. The molecule has 0 bridgehead atoms. The van der Waals surface area contributed by atoms with E-state index in [9.17, 15) is 9.90 Å². The van der Waals surface area contributed by atoms with Crippen LogP contribution in [-0.2, 0) is 11.2 Å². The van der Waals surface area contributed by atoms with Crippen molar-refractivity contribution < 1.29 is 14.6 Å². The number of ether oxygens (including phenoxy) is 1. The van der Waals surface area contributed by atoms with Gasteiger partial charge in [-0.2, -0.15) is 0 Å². The van der Waals surface area contributed by atoms with E-state index in [1.54, 1.807) is 7.11 Å². The topological polar surface area (TPSA) is 53.0 Å². The lowest BCUT2D eigenvalue weighted by Gasteiger charge is -2.38. The summed E-state index contributed by atoms with van der Waals surface area (Å²) in [6.45, 7) is 1.37. The molecule has 0 saturated carbocycles. The first kappa shape index (κ1) is 19.9. The second-order valence-corrected chi connectivity index (χ2v) is 8.18. The normalized spacial score (nSPS) is 22.7. The van der Waals surface area contributed by atoms with Gasteiger partial charge in [0.25, 0.3) is 0 Å². The third-order valence-corrected chi connectivity index (χ3v) is 6.32. The lowest BCUT2D eigenvalue weighted by molar-refractivity contribution is -0.138. The number of likely N-dealkylation sites (tertiary alicyclic amines) is 1. The van der Waals surface area contributed by atoms with Crippen molar-refractivity contribution >= 4 is 5.91 Å². The number of aliphatic hydroxyl groups excluding tert-OH is 1. The Balaban J connectivity index is 1.65. The molecule has 0 aromatic heterocycles. The average Bonchev–Trinajstić information content (AvgIpc) is 3.18. The largest absolute Gasteiger partial charge is 0.497 e. The molecule has 2 aromatic rings. The predicted molar refractivity (Wildman–Crippen MR) is 113 cm³/mol. The highest BCUT2D eigenvalue weighted by molar-refractivity contribution is 5.84. The molecule has 4 rings (SSSR count). The van der Waals surface area contributed by atoms with Gasteiger partial charge in [0.1, 0.15) is 11.9 Å². The van der Waals surface area contributed by atoms with Gasteiger partial charge in [-0.05, 0) is 54.5 Å². The summed E-state index contributed by atoms with van der Waals surface area (Å²) in [5, 5.41) is 10.1. The Hall–Kier alpha value is -2.37. The van der Waals surface area contributed by atoms with Gasteiger partial charge in [0, 0.05) is 20.1 Å². The number of likely N-dealkylation sites (N-methyl/N-ethyl adjacent to an activating group) is 1. The van der Waals surface area contributed by atoms with Gasteiger partial charge in [-0.1, -0.05) is 36.4 Å². The van der Waals surface area contributed by atoms with Crippen LogP contribution in [0.15, 0.2) is 48.5 Å². The summed E-state index contributed by atoms with van der Waals surface area (Å²) >= 11 is 0. The van der Waals surface area contributed by atoms with Crippen molar-refractivity contribution in [3.8, 4) is 5.75 Å². The van der Waals surface area contributed by atoms with E-state index >= 15 is 0 Å². The molecule has 29 heavy (non-hydrogen) atoms. The number of aryl methyl sites for hydroxylation is 1. The van der Waals surface area contributed by atoms with Gasteiger partial charge >= 0.3 is 0 Å². The molecular formula is C24H30N2O3. The first-order chi connectivity index (χ1) is 14.1. The molecule has 3 atom stereocenters. The van der Waals surface area contributed by atoms with Crippen LogP contribution in [0.1, 0.15) is 48.0 Å². The fourth-order valence-corrected chi connectivity index (χ4v) is 4.82. The molecule has 0 spiro atoms. The van der Waals surface area contributed by atoms with Gasteiger partial charge in [-0.25, -0.2) is 0 Å². The maximum atomic E-state index is 13.7. The van der Waals surface area contributed by atoms with Crippen LogP contribution in [-0.4, -0.2) is 54.2 Å². The Morgan fingerprint density at radius 1 is 1.21 bits per heavy atom. The van der Waals surface area contributed by atoms with Gasteiger partial charge < -0.3 is 14.7 Å². The lowest BCUT2D eigenvalue weighted by atomic mass is 9.81. The molecule has 1 amide bonds. The number of β-amino-alcohol motifs (C(OH)–C–C–N with tert-alkyl or cyclic N) is 1. The summed E-state index contributed by atoms with van der Waals surface area (Å²) in [5.41, 5.74) is 3.43. The van der Waals surface area contributed by atoms with E-state index in [0.717, 1.165) is 49.1 Å². The molecule has 1 heterocycles. The van der Waals surface area contributed by atoms with Crippen LogP contribution in [0.2, 0.25) is 0 Å². The molecule has 5 nitrogen and oxygen atoms in total. The molecule has 5 heteroatoms. The molecule has 2 aliphatic rings. The highest BCUT2D eigenvalue weighted by Gasteiger charge is 2.36. The Labute approximate surface area is 172 Å². The molecule has 0 radical (unpaired) electrons.